The van der Waals surface area contributed by atoms with E-state index in [0.29, 0.717) is 52.7 Å². The summed E-state index contributed by atoms with van der Waals surface area (Å²) < 4.78 is 0. The third-order valence-corrected chi connectivity index (χ3v) is 7.55. The molecular weight excluding hydrogens is 558 g/mol. The second-order valence-corrected chi connectivity index (χ2v) is 10.4. The number of fused-ring (bicyclic) bond motifs is 2. The van der Waals surface area contributed by atoms with Crippen molar-refractivity contribution in [2.75, 3.05) is 42.9 Å². The molecule has 220 valence electrons. The number of hydrogen-bond donors (Lipinski definition) is 1. The quantitative estimate of drug-likeness (QED) is 0.200. The zero-order valence-corrected chi connectivity index (χ0v) is 24.5. The lowest BCUT2D eigenvalue weighted by Gasteiger charge is -2.26. The van der Waals surface area contributed by atoms with Crippen LogP contribution in [-0.2, 0) is 4.79 Å². The van der Waals surface area contributed by atoms with Crippen LogP contribution in [0.4, 0.5) is 22.7 Å². The molecule has 0 saturated carbocycles. The Bertz CT molecular complexity index is 1460. The zero-order chi connectivity index (χ0) is 30.2. The summed E-state index contributed by atoms with van der Waals surface area (Å²) in [6.07, 6.45) is 1.24. The van der Waals surface area contributed by atoms with E-state index in [1.807, 2.05) is 0 Å². The fraction of sp³-hybridized carbons (Fsp3) is 0.323. The van der Waals surface area contributed by atoms with Crippen molar-refractivity contribution in [1.82, 2.24) is 9.80 Å². The van der Waals surface area contributed by atoms with E-state index in [0.717, 1.165) is 26.1 Å². The topological polar surface area (TPSA) is 116 Å². The molecule has 0 fully saturated rings. The highest BCUT2D eigenvalue weighted by Gasteiger charge is 2.29. The summed E-state index contributed by atoms with van der Waals surface area (Å²) in [7, 11) is 0. The van der Waals surface area contributed by atoms with Gasteiger partial charge in [-0.1, -0.05) is 37.6 Å². The molecule has 3 amide bonds. The third kappa shape index (κ3) is 7.13. The number of hydrogen-bond acceptors (Lipinski definition) is 6. The van der Waals surface area contributed by atoms with Gasteiger partial charge in [0.15, 0.2) is 0 Å². The minimum atomic E-state index is -0.502. The van der Waals surface area contributed by atoms with Gasteiger partial charge in [0.05, 0.1) is 27.5 Å². The van der Waals surface area contributed by atoms with E-state index in [-0.39, 0.29) is 29.8 Å². The lowest BCUT2D eigenvalue weighted by Crippen LogP contribution is -2.36. The van der Waals surface area contributed by atoms with Crippen molar-refractivity contribution in [2.24, 2.45) is 0 Å². The molecule has 42 heavy (non-hydrogen) atoms. The van der Waals surface area contributed by atoms with Crippen LogP contribution in [0.1, 0.15) is 53.8 Å². The van der Waals surface area contributed by atoms with Gasteiger partial charge in [0.25, 0.3) is 17.5 Å². The van der Waals surface area contributed by atoms with Gasteiger partial charge in [-0.05, 0) is 74.9 Å². The van der Waals surface area contributed by atoms with E-state index < -0.39 is 4.92 Å². The lowest BCUT2D eigenvalue weighted by atomic mass is 10.1. The van der Waals surface area contributed by atoms with Gasteiger partial charge in [-0.3, -0.25) is 29.4 Å². The molecular formula is C31H34ClN5O5. The fourth-order valence-electron chi connectivity index (χ4n) is 5.03. The molecule has 4 rings (SSSR count). The Balaban J connectivity index is 1.52. The smallest absolute Gasteiger partial charge is 0.269 e. The summed E-state index contributed by atoms with van der Waals surface area (Å²) >= 11 is 6.19. The Kier molecular flexibility index (Phi) is 10.3. The molecule has 1 aliphatic heterocycles. The van der Waals surface area contributed by atoms with Gasteiger partial charge in [0.2, 0.25) is 5.91 Å². The number of carbonyl (C=O) groups is 3. The van der Waals surface area contributed by atoms with Gasteiger partial charge in [-0.2, -0.15) is 0 Å². The highest BCUT2D eigenvalue weighted by atomic mass is 35.5. The summed E-state index contributed by atoms with van der Waals surface area (Å²) in [5, 5.41) is 14.3. The number of anilines is 3. The predicted molar refractivity (Wildman–Crippen MR) is 164 cm³/mol. The van der Waals surface area contributed by atoms with E-state index in [1.165, 1.54) is 29.2 Å². The van der Waals surface area contributed by atoms with Crippen LogP contribution in [0.5, 0.6) is 0 Å². The summed E-state index contributed by atoms with van der Waals surface area (Å²) in [5.74, 6) is -0.808. The normalized spacial score (nSPS) is 12.3. The number of non-ortho nitro benzene ring substituents is 1. The van der Waals surface area contributed by atoms with Crippen LogP contribution in [0.2, 0.25) is 5.02 Å². The fourth-order valence-corrected chi connectivity index (χ4v) is 5.21. The number of nitrogens with one attached hydrogen (secondary N) is 1. The van der Waals surface area contributed by atoms with Crippen LogP contribution in [0.15, 0.2) is 66.7 Å². The van der Waals surface area contributed by atoms with E-state index in [2.05, 4.69) is 24.1 Å². The maximum Gasteiger partial charge on any atom is 0.269 e. The van der Waals surface area contributed by atoms with Crippen LogP contribution < -0.4 is 10.2 Å². The Morgan fingerprint density at radius 1 is 0.929 bits per heavy atom. The monoisotopic (exact) mass is 591 g/mol. The summed E-state index contributed by atoms with van der Waals surface area (Å²) in [6, 6.07) is 17.5. The van der Waals surface area contributed by atoms with Crippen LogP contribution >= 0.6 is 11.6 Å². The van der Waals surface area contributed by atoms with Gasteiger partial charge in [-0.15, -0.1) is 0 Å². The molecule has 11 heteroatoms. The Hall–Kier alpha value is -4.28. The second kappa shape index (κ2) is 14.1. The SMILES string of the molecule is CCN(CC)CCCN(CCCC(=O)N1c2ccc(Cl)cc2NC(=O)c2ccccc21)C(=O)c1ccc([N+](=O)[O-])cc1. The van der Waals surface area contributed by atoms with Crippen molar-refractivity contribution in [3.63, 3.8) is 0 Å². The number of nitro groups is 1. The molecule has 0 atom stereocenters. The molecule has 0 bridgehead atoms. The first kappa shape index (κ1) is 30.7. The first-order valence-corrected chi connectivity index (χ1v) is 14.4. The van der Waals surface area contributed by atoms with Gasteiger partial charge in [0, 0.05) is 42.2 Å². The molecule has 3 aromatic rings. The van der Waals surface area contributed by atoms with E-state index in [1.54, 1.807) is 47.4 Å². The minimum Gasteiger partial charge on any atom is -0.339 e. The lowest BCUT2D eigenvalue weighted by molar-refractivity contribution is -0.384. The van der Waals surface area contributed by atoms with Crippen LogP contribution in [0.3, 0.4) is 0 Å². The molecule has 0 radical (unpaired) electrons. The highest BCUT2D eigenvalue weighted by Crippen LogP contribution is 2.39. The molecule has 0 saturated heterocycles. The molecule has 0 aromatic heterocycles. The molecule has 0 aliphatic carbocycles. The molecule has 1 aliphatic rings. The van der Waals surface area contributed by atoms with Crippen molar-refractivity contribution >= 4 is 52.1 Å². The molecule has 0 unspecified atom stereocenters. The summed E-state index contributed by atoms with van der Waals surface area (Å²) in [4.78, 5) is 56.2. The molecule has 0 spiro atoms. The number of para-hydroxylation sites is 1. The number of nitro benzene ring substituents is 1. The maximum atomic E-state index is 13.8. The third-order valence-electron chi connectivity index (χ3n) is 7.31. The van der Waals surface area contributed by atoms with Crippen molar-refractivity contribution < 1.29 is 19.3 Å². The molecule has 3 aromatic carbocycles. The number of halogens is 1. The Labute approximate surface area is 250 Å². The first-order chi connectivity index (χ1) is 20.2. The van der Waals surface area contributed by atoms with Crippen LogP contribution in [0, 0.1) is 10.1 Å². The summed E-state index contributed by atoms with van der Waals surface area (Å²) in [5.41, 5.74) is 2.05. The first-order valence-electron chi connectivity index (χ1n) is 14.0. The highest BCUT2D eigenvalue weighted by molar-refractivity contribution is 6.31. The van der Waals surface area contributed by atoms with Gasteiger partial charge >= 0.3 is 0 Å². The van der Waals surface area contributed by atoms with Gasteiger partial charge < -0.3 is 15.1 Å². The largest absolute Gasteiger partial charge is 0.339 e. The number of carbonyl (C=O) groups excluding carboxylic acids is 3. The average Bonchev–Trinajstić information content (AvgIpc) is 3.11. The Morgan fingerprint density at radius 2 is 1.62 bits per heavy atom. The predicted octanol–water partition coefficient (Wildman–Crippen LogP) is 6.13. The standard InChI is InChI=1S/C31H34ClN5O5/c1-3-34(4-2)18-8-20-35(31(40)22-12-15-24(16-13-22)37(41)42)19-7-11-29(38)36-27-10-6-5-9-25(27)30(39)33-26-21-23(32)14-17-28(26)36/h5-6,9-10,12-17,21H,3-4,7-8,11,18-20H2,1-2H3,(H,33,39). The minimum absolute atomic E-state index is 0.0856. The van der Waals surface area contributed by atoms with Crippen molar-refractivity contribution in [3.05, 3.63) is 93.0 Å². The number of rotatable bonds is 12. The van der Waals surface area contributed by atoms with Crippen molar-refractivity contribution in [2.45, 2.75) is 33.1 Å². The second-order valence-electron chi connectivity index (χ2n) is 9.94. The van der Waals surface area contributed by atoms with Crippen LogP contribution in [0.25, 0.3) is 0 Å². The van der Waals surface area contributed by atoms with E-state index in [9.17, 15) is 24.5 Å². The van der Waals surface area contributed by atoms with Crippen molar-refractivity contribution in [1.29, 1.82) is 0 Å². The van der Waals surface area contributed by atoms with Gasteiger partial charge in [0.1, 0.15) is 0 Å². The van der Waals surface area contributed by atoms with E-state index in [4.69, 9.17) is 11.6 Å². The summed E-state index contributed by atoms with van der Waals surface area (Å²) in [6.45, 7) is 7.61. The number of amides is 3. The molecule has 1 heterocycles. The maximum absolute atomic E-state index is 13.8. The van der Waals surface area contributed by atoms with Gasteiger partial charge in [-0.25, -0.2) is 0 Å². The molecule has 10 nitrogen and oxygen atoms in total. The number of benzene rings is 3. The Morgan fingerprint density at radius 3 is 2.31 bits per heavy atom. The zero-order valence-electron chi connectivity index (χ0n) is 23.7. The van der Waals surface area contributed by atoms with E-state index >= 15 is 0 Å². The van der Waals surface area contributed by atoms with Crippen LogP contribution in [-0.4, -0.2) is 65.2 Å². The number of nitrogens with zero attached hydrogens (tertiary/aromatic N) is 4. The van der Waals surface area contributed by atoms with Crippen molar-refractivity contribution in [3.8, 4) is 0 Å². The average molecular weight is 592 g/mol. The molecule has 1 N–H and O–H groups in total.